The molecule has 1 unspecified atom stereocenters. The number of aliphatic carboxylic acids is 1. The third-order valence-corrected chi connectivity index (χ3v) is 2.92. The molecule has 0 aliphatic heterocycles. The van der Waals surface area contributed by atoms with Crippen LogP contribution in [0.15, 0.2) is 23.1 Å². The molecule has 0 bridgehead atoms. The van der Waals surface area contributed by atoms with Crippen LogP contribution in [-0.2, 0) is 9.59 Å². The summed E-state index contributed by atoms with van der Waals surface area (Å²) in [5.41, 5.74) is 0.635. The number of aromatic nitrogens is 1. The fourth-order valence-electron chi connectivity index (χ4n) is 1.98. The van der Waals surface area contributed by atoms with Gasteiger partial charge in [-0.25, -0.2) is 0 Å². The molecule has 6 heteroatoms. The van der Waals surface area contributed by atoms with Crippen molar-refractivity contribution in [2.45, 2.75) is 33.2 Å². The van der Waals surface area contributed by atoms with Crippen LogP contribution in [0.4, 0.5) is 0 Å². The lowest BCUT2D eigenvalue weighted by atomic mass is 10.0. The second-order valence-electron chi connectivity index (χ2n) is 5.08. The molecule has 0 radical (unpaired) electrons. The summed E-state index contributed by atoms with van der Waals surface area (Å²) in [5.74, 6) is -1.40. The molecule has 1 aromatic heterocycles. The quantitative estimate of drug-likeness (QED) is 0.812. The predicted octanol–water partition coefficient (Wildman–Crippen LogP) is 0.945. The Labute approximate surface area is 117 Å². The second kappa shape index (κ2) is 6.88. The number of amides is 1. The minimum Gasteiger partial charge on any atom is -0.481 e. The molecule has 0 aliphatic carbocycles. The SMILES string of the molecule is Cc1ccc(=O)n(C(C(=O)NCCC(=O)O)C(C)C)c1. The van der Waals surface area contributed by atoms with E-state index in [1.165, 1.54) is 10.6 Å². The standard InChI is InChI=1S/C14H20N2O4/c1-9(2)13(14(20)15-7-6-12(18)19)16-8-10(3)4-5-11(16)17/h4-5,8-9,13H,6-7H2,1-3H3,(H,15,20)(H,18,19). The number of nitrogens with zero attached hydrogens (tertiary/aromatic N) is 1. The minimum absolute atomic E-state index is 0.0535. The van der Waals surface area contributed by atoms with Crippen molar-refractivity contribution in [1.29, 1.82) is 0 Å². The zero-order valence-corrected chi connectivity index (χ0v) is 11.9. The highest BCUT2D eigenvalue weighted by Crippen LogP contribution is 2.16. The summed E-state index contributed by atoms with van der Waals surface area (Å²) in [6, 6.07) is 2.48. The van der Waals surface area contributed by atoms with Gasteiger partial charge in [0.1, 0.15) is 6.04 Å². The molecule has 1 aromatic rings. The van der Waals surface area contributed by atoms with Crippen molar-refractivity contribution in [3.63, 3.8) is 0 Å². The van der Waals surface area contributed by atoms with Gasteiger partial charge in [-0.05, 0) is 18.4 Å². The van der Waals surface area contributed by atoms with E-state index in [2.05, 4.69) is 5.32 Å². The van der Waals surface area contributed by atoms with E-state index in [1.807, 2.05) is 20.8 Å². The van der Waals surface area contributed by atoms with E-state index in [4.69, 9.17) is 5.11 Å². The van der Waals surface area contributed by atoms with Crippen LogP contribution < -0.4 is 10.9 Å². The van der Waals surface area contributed by atoms with E-state index in [0.717, 1.165) is 5.56 Å². The smallest absolute Gasteiger partial charge is 0.305 e. The molecular weight excluding hydrogens is 260 g/mol. The van der Waals surface area contributed by atoms with Gasteiger partial charge in [0.15, 0.2) is 0 Å². The third kappa shape index (κ3) is 4.22. The van der Waals surface area contributed by atoms with Gasteiger partial charge >= 0.3 is 5.97 Å². The summed E-state index contributed by atoms with van der Waals surface area (Å²) in [6.45, 7) is 5.58. The molecule has 20 heavy (non-hydrogen) atoms. The number of rotatable bonds is 6. The van der Waals surface area contributed by atoms with Gasteiger partial charge in [0.05, 0.1) is 6.42 Å². The van der Waals surface area contributed by atoms with Gasteiger partial charge in [-0.3, -0.25) is 14.4 Å². The molecule has 0 fully saturated rings. The Morgan fingerprint density at radius 1 is 1.35 bits per heavy atom. The first-order valence-electron chi connectivity index (χ1n) is 6.51. The van der Waals surface area contributed by atoms with E-state index < -0.39 is 12.0 Å². The molecule has 1 heterocycles. The Bertz CT molecular complexity index is 548. The third-order valence-electron chi connectivity index (χ3n) is 2.92. The number of hydrogen-bond donors (Lipinski definition) is 2. The Morgan fingerprint density at radius 3 is 2.55 bits per heavy atom. The molecule has 0 aliphatic rings. The van der Waals surface area contributed by atoms with Gasteiger partial charge in [0.25, 0.3) is 5.56 Å². The van der Waals surface area contributed by atoms with Crippen LogP contribution in [0.3, 0.4) is 0 Å². The van der Waals surface area contributed by atoms with Gasteiger partial charge in [-0.15, -0.1) is 0 Å². The van der Waals surface area contributed by atoms with Crippen molar-refractivity contribution < 1.29 is 14.7 Å². The molecule has 0 spiro atoms. The Balaban J connectivity index is 2.94. The maximum atomic E-state index is 12.2. The van der Waals surface area contributed by atoms with Crippen molar-refractivity contribution in [2.24, 2.45) is 5.92 Å². The largest absolute Gasteiger partial charge is 0.481 e. The first-order valence-corrected chi connectivity index (χ1v) is 6.51. The van der Waals surface area contributed by atoms with Crippen LogP contribution in [0.1, 0.15) is 31.9 Å². The summed E-state index contributed by atoms with van der Waals surface area (Å²) >= 11 is 0. The van der Waals surface area contributed by atoms with Crippen LogP contribution >= 0.6 is 0 Å². The maximum absolute atomic E-state index is 12.2. The number of nitrogens with one attached hydrogen (secondary N) is 1. The molecule has 6 nitrogen and oxygen atoms in total. The number of hydrogen-bond acceptors (Lipinski definition) is 3. The van der Waals surface area contributed by atoms with Gasteiger partial charge in [-0.1, -0.05) is 19.9 Å². The highest BCUT2D eigenvalue weighted by Gasteiger charge is 2.24. The van der Waals surface area contributed by atoms with Gasteiger partial charge < -0.3 is 15.0 Å². The van der Waals surface area contributed by atoms with Gasteiger partial charge in [-0.2, -0.15) is 0 Å². The van der Waals surface area contributed by atoms with E-state index in [1.54, 1.807) is 12.3 Å². The van der Waals surface area contributed by atoms with Crippen molar-refractivity contribution in [3.8, 4) is 0 Å². The summed E-state index contributed by atoms with van der Waals surface area (Å²) in [6.07, 6.45) is 1.50. The van der Waals surface area contributed by atoms with Gasteiger partial charge in [0.2, 0.25) is 5.91 Å². The van der Waals surface area contributed by atoms with E-state index in [9.17, 15) is 14.4 Å². The first kappa shape index (κ1) is 15.9. The summed E-state index contributed by atoms with van der Waals surface area (Å²) in [4.78, 5) is 34.5. The predicted molar refractivity (Wildman–Crippen MR) is 74.6 cm³/mol. The molecule has 0 saturated carbocycles. The van der Waals surface area contributed by atoms with Crippen LogP contribution in [0.5, 0.6) is 0 Å². The first-order chi connectivity index (χ1) is 9.32. The van der Waals surface area contributed by atoms with E-state index in [0.29, 0.717) is 0 Å². The van der Waals surface area contributed by atoms with Crippen LogP contribution in [-0.4, -0.2) is 28.1 Å². The second-order valence-corrected chi connectivity index (χ2v) is 5.08. The average Bonchev–Trinajstić information content (AvgIpc) is 2.33. The highest BCUT2D eigenvalue weighted by atomic mass is 16.4. The zero-order chi connectivity index (χ0) is 15.3. The minimum atomic E-state index is -0.973. The number of aryl methyl sites for hydroxylation is 1. The van der Waals surface area contributed by atoms with E-state index in [-0.39, 0.29) is 30.3 Å². The number of carboxylic acids is 1. The molecule has 1 amide bonds. The number of carboxylic acid groups (broad SMARTS) is 1. The Hall–Kier alpha value is -2.11. The molecular formula is C14H20N2O4. The maximum Gasteiger partial charge on any atom is 0.305 e. The monoisotopic (exact) mass is 280 g/mol. The van der Waals surface area contributed by atoms with Crippen LogP contribution in [0.2, 0.25) is 0 Å². The van der Waals surface area contributed by atoms with Crippen LogP contribution in [0.25, 0.3) is 0 Å². The Morgan fingerprint density at radius 2 is 2.00 bits per heavy atom. The molecule has 110 valence electrons. The van der Waals surface area contributed by atoms with Gasteiger partial charge in [0, 0.05) is 18.8 Å². The number of pyridine rings is 1. The normalized spacial score (nSPS) is 12.2. The zero-order valence-electron chi connectivity index (χ0n) is 11.9. The fraction of sp³-hybridized carbons (Fsp3) is 0.500. The molecule has 2 N–H and O–H groups in total. The topological polar surface area (TPSA) is 88.4 Å². The van der Waals surface area contributed by atoms with Crippen molar-refractivity contribution in [1.82, 2.24) is 9.88 Å². The van der Waals surface area contributed by atoms with Crippen molar-refractivity contribution in [3.05, 3.63) is 34.2 Å². The van der Waals surface area contributed by atoms with E-state index >= 15 is 0 Å². The summed E-state index contributed by atoms with van der Waals surface area (Å²) in [5, 5.41) is 11.1. The lowest BCUT2D eigenvalue weighted by molar-refractivity contribution is -0.137. The lowest BCUT2D eigenvalue weighted by Crippen LogP contribution is -2.40. The molecule has 0 saturated heterocycles. The Kier molecular flexibility index (Phi) is 5.49. The average molecular weight is 280 g/mol. The van der Waals surface area contributed by atoms with Crippen molar-refractivity contribution in [2.75, 3.05) is 6.54 Å². The summed E-state index contributed by atoms with van der Waals surface area (Å²) < 4.78 is 1.40. The number of carbonyl (C=O) groups excluding carboxylic acids is 1. The lowest BCUT2D eigenvalue weighted by Gasteiger charge is -2.23. The van der Waals surface area contributed by atoms with Crippen molar-refractivity contribution >= 4 is 11.9 Å². The highest BCUT2D eigenvalue weighted by molar-refractivity contribution is 5.81. The summed E-state index contributed by atoms with van der Waals surface area (Å²) in [7, 11) is 0. The number of carbonyl (C=O) groups is 2. The fourth-order valence-corrected chi connectivity index (χ4v) is 1.98. The van der Waals surface area contributed by atoms with Crippen LogP contribution in [0, 0.1) is 12.8 Å². The molecule has 1 atom stereocenters. The molecule has 0 aromatic carbocycles. The molecule has 1 rings (SSSR count).